The average Bonchev–Trinajstić information content (AvgIpc) is 3.28. The van der Waals surface area contributed by atoms with Gasteiger partial charge in [-0.15, -0.1) is 0 Å². The van der Waals surface area contributed by atoms with E-state index in [0.717, 1.165) is 12.3 Å². The number of nitrogens with one attached hydrogen (secondary N) is 2. The predicted octanol–water partition coefficient (Wildman–Crippen LogP) is 2.64. The van der Waals surface area contributed by atoms with Crippen molar-refractivity contribution in [1.29, 1.82) is 0 Å². The third kappa shape index (κ3) is 9.17. The lowest BCUT2D eigenvalue weighted by atomic mass is 9.97. The van der Waals surface area contributed by atoms with Crippen LogP contribution in [0.15, 0.2) is 18.2 Å². The van der Waals surface area contributed by atoms with Crippen LogP contribution >= 0.6 is 0 Å². The fourth-order valence-corrected chi connectivity index (χ4v) is 6.71. The first kappa shape index (κ1) is 34.7. The molecule has 1 unspecified atom stereocenters. The van der Waals surface area contributed by atoms with Crippen LogP contribution in [0.2, 0.25) is 0 Å². The number of alkyl halides is 3. The van der Waals surface area contributed by atoms with E-state index in [-0.39, 0.29) is 56.0 Å². The number of nitrogens with zero attached hydrogens (tertiary/aromatic N) is 4. The number of β-amino-alcohol motifs (C(OH)–C–C–N with tert-alkyl or cyclic N) is 1. The number of piperidine rings is 1. The maximum absolute atomic E-state index is 13.9. The maximum atomic E-state index is 13.9. The molecule has 2 aliphatic rings. The molecule has 2 aliphatic heterocycles. The van der Waals surface area contributed by atoms with Gasteiger partial charge in [0, 0.05) is 75.0 Å². The zero-order valence-electron chi connectivity index (χ0n) is 25.6. The lowest BCUT2D eigenvalue weighted by molar-refractivity contribution is -0.138. The van der Waals surface area contributed by atoms with Gasteiger partial charge in [-0.2, -0.15) is 22.6 Å². The number of amides is 2. The molecule has 16 heteroatoms. The van der Waals surface area contributed by atoms with Crippen molar-refractivity contribution in [2.24, 2.45) is 5.92 Å². The number of likely N-dealkylation sites (tertiary alicyclic amines) is 1. The Bertz CT molecular complexity index is 1490. The van der Waals surface area contributed by atoms with Crippen LogP contribution < -0.4 is 10.6 Å². The Morgan fingerprint density at radius 2 is 1.82 bits per heavy atom. The van der Waals surface area contributed by atoms with E-state index in [1.807, 2.05) is 18.7 Å². The summed E-state index contributed by atoms with van der Waals surface area (Å²) in [6.07, 6.45) is -3.82. The second-order valence-corrected chi connectivity index (χ2v) is 14.2. The van der Waals surface area contributed by atoms with Gasteiger partial charge in [0.25, 0.3) is 0 Å². The number of hydrogen-bond acceptors (Lipinski definition) is 7. The van der Waals surface area contributed by atoms with Crippen molar-refractivity contribution in [1.82, 2.24) is 29.6 Å². The molecule has 45 heavy (non-hydrogen) atoms. The maximum Gasteiger partial charge on any atom is 0.416 e. The van der Waals surface area contributed by atoms with Crippen LogP contribution in [-0.4, -0.2) is 94.2 Å². The number of aliphatic hydroxyl groups excluding tert-OH is 1. The summed E-state index contributed by atoms with van der Waals surface area (Å²) < 4.78 is 69.5. The van der Waals surface area contributed by atoms with Gasteiger partial charge < -0.3 is 25.7 Å². The summed E-state index contributed by atoms with van der Waals surface area (Å²) in [7, 11) is -3.57. The molecule has 0 bridgehead atoms. The Labute approximate surface area is 260 Å². The van der Waals surface area contributed by atoms with Crippen LogP contribution in [0.3, 0.4) is 0 Å². The molecular formula is C29H41F3N6O6S. The third-order valence-corrected chi connectivity index (χ3v) is 9.34. The van der Waals surface area contributed by atoms with Crippen molar-refractivity contribution >= 4 is 22.0 Å². The molecule has 1 atom stereocenters. The van der Waals surface area contributed by atoms with E-state index in [1.165, 1.54) is 16.4 Å². The Morgan fingerprint density at radius 3 is 2.42 bits per heavy atom. The molecule has 0 saturated carbocycles. The highest BCUT2D eigenvalue weighted by Crippen LogP contribution is 2.37. The quantitative estimate of drug-likeness (QED) is 0.287. The summed E-state index contributed by atoms with van der Waals surface area (Å²) in [5, 5.41) is 29.7. The highest BCUT2D eigenvalue weighted by Gasteiger charge is 2.35. The average molecular weight is 659 g/mol. The first-order valence-electron chi connectivity index (χ1n) is 14.9. The summed E-state index contributed by atoms with van der Waals surface area (Å²) in [6, 6.07) is 3.42. The second kappa shape index (κ2) is 14.1. The summed E-state index contributed by atoms with van der Waals surface area (Å²) in [5.74, 6) is -0.340. The Morgan fingerprint density at radius 1 is 1.13 bits per heavy atom. The summed E-state index contributed by atoms with van der Waals surface area (Å²) >= 11 is 0. The molecule has 1 aromatic carbocycles. The number of carbonyl (C=O) groups is 2. The largest absolute Gasteiger partial charge is 0.465 e. The standard InChI is InChI=1S/C29H41F3N6O6S/c1-18(2)12-26(40)33-14-20-13-19(4-5-24(20)29(30,31)32)27-23-17-37(45(3,43)44)11-8-25(23)38(35-27)16-22(39)15-36-9-6-21(7-10-36)34-28(41)42/h4-5,13,18,21-22,34,39H,6-12,14-17H2,1-3H3,(H,33,40)(H,41,42). The fourth-order valence-electron chi connectivity index (χ4n) is 5.92. The van der Waals surface area contributed by atoms with E-state index < -0.39 is 34.0 Å². The van der Waals surface area contributed by atoms with Gasteiger partial charge in [-0.25, -0.2) is 13.2 Å². The van der Waals surface area contributed by atoms with E-state index in [9.17, 15) is 36.3 Å². The number of rotatable bonds is 11. The lowest BCUT2D eigenvalue weighted by Gasteiger charge is -2.33. The minimum atomic E-state index is -4.66. The number of fused-ring (bicyclic) bond motifs is 1. The predicted molar refractivity (Wildman–Crippen MR) is 160 cm³/mol. The Hall–Kier alpha value is -3.21. The van der Waals surface area contributed by atoms with Crippen molar-refractivity contribution < 1.29 is 41.4 Å². The minimum Gasteiger partial charge on any atom is -0.465 e. The number of aromatic nitrogens is 2. The summed E-state index contributed by atoms with van der Waals surface area (Å²) in [6.45, 7) is 5.06. The SMILES string of the molecule is CC(C)CC(=O)NCc1cc(-c2nn(CC(O)CN3CCC(NC(=O)O)CC3)c3c2CN(S(C)(=O)=O)CC3)ccc1C(F)(F)F. The Kier molecular flexibility index (Phi) is 10.8. The molecular weight excluding hydrogens is 617 g/mol. The molecule has 0 aliphatic carbocycles. The van der Waals surface area contributed by atoms with E-state index >= 15 is 0 Å². The number of hydrogen-bond donors (Lipinski definition) is 4. The molecule has 4 N–H and O–H groups in total. The van der Waals surface area contributed by atoms with Gasteiger partial charge in [0.1, 0.15) is 0 Å². The highest BCUT2D eigenvalue weighted by molar-refractivity contribution is 7.88. The molecule has 12 nitrogen and oxygen atoms in total. The van der Waals surface area contributed by atoms with Crippen LogP contribution in [0.4, 0.5) is 18.0 Å². The van der Waals surface area contributed by atoms with Crippen LogP contribution in [0, 0.1) is 5.92 Å². The van der Waals surface area contributed by atoms with Gasteiger partial charge >= 0.3 is 12.3 Å². The molecule has 3 heterocycles. The zero-order valence-corrected chi connectivity index (χ0v) is 26.4. The summed E-state index contributed by atoms with van der Waals surface area (Å²) in [4.78, 5) is 25.2. The number of carboxylic acid groups (broad SMARTS) is 1. The minimum absolute atomic E-state index is 0.0227. The molecule has 1 aromatic heterocycles. The van der Waals surface area contributed by atoms with E-state index in [1.54, 1.807) is 4.68 Å². The van der Waals surface area contributed by atoms with Crippen molar-refractivity contribution in [2.45, 2.75) is 77.5 Å². The molecule has 0 radical (unpaired) electrons. The van der Waals surface area contributed by atoms with Crippen LogP contribution in [0.5, 0.6) is 0 Å². The van der Waals surface area contributed by atoms with Crippen molar-refractivity contribution in [3.63, 3.8) is 0 Å². The number of aliphatic hydroxyl groups is 1. The topological polar surface area (TPSA) is 157 Å². The van der Waals surface area contributed by atoms with Crippen molar-refractivity contribution in [2.75, 3.05) is 32.4 Å². The number of halogens is 3. The normalized spacial score (nSPS) is 17.7. The van der Waals surface area contributed by atoms with Crippen LogP contribution in [-0.2, 0) is 47.0 Å². The zero-order chi connectivity index (χ0) is 33.1. The molecule has 2 amide bonds. The molecule has 0 spiro atoms. The number of carbonyl (C=O) groups excluding carboxylic acids is 1. The molecule has 1 fully saturated rings. The number of sulfonamides is 1. The smallest absolute Gasteiger partial charge is 0.416 e. The number of benzene rings is 1. The molecule has 4 rings (SSSR count). The van der Waals surface area contributed by atoms with Crippen molar-refractivity contribution in [3.05, 3.63) is 40.6 Å². The Balaban J connectivity index is 1.62. The van der Waals surface area contributed by atoms with Gasteiger partial charge in [-0.3, -0.25) is 9.48 Å². The summed E-state index contributed by atoms with van der Waals surface area (Å²) in [5.41, 5.74) is 0.865. The lowest BCUT2D eigenvalue weighted by Crippen LogP contribution is -2.46. The van der Waals surface area contributed by atoms with Gasteiger partial charge in [-0.1, -0.05) is 19.9 Å². The highest BCUT2D eigenvalue weighted by atomic mass is 32.2. The first-order valence-corrected chi connectivity index (χ1v) is 16.8. The van der Waals surface area contributed by atoms with Gasteiger partial charge in [0.05, 0.1) is 30.2 Å². The monoisotopic (exact) mass is 658 g/mol. The van der Waals surface area contributed by atoms with E-state index in [4.69, 9.17) is 10.2 Å². The van der Waals surface area contributed by atoms with Gasteiger partial charge in [0.15, 0.2) is 0 Å². The van der Waals surface area contributed by atoms with Crippen LogP contribution in [0.25, 0.3) is 11.3 Å². The van der Waals surface area contributed by atoms with Crippen molar-refractivity contribution in [3.8, 4) is 11.3 Å². The molecule has 1 saturated heterocycles. The molecule has 250 valence electrons. The van der Waals surface area contributed by atoms with E-state index in [2.05, 4.69) is 10.6 Å². The fraction of sp³-hybridized carbons (Fsp3) is 0.621. The van der Waals surface area contributed by atoms with E-state index in [0.29, 0.717) is 61.4 Å². The van der Waals surface area contributed by atoms with Crippen LogP contribution in [0.1, 0.15) is 55.5 Å². The third-order valence-electron chi connectivity index (χ3n) is 8.09. The second-order valence-electron chi connectivity index (χ2n) is 12.2. The van der Waals surface area contributed by atoms with Gasteiger partial charge in [0.2, 0.25) is 15.9 Å². The van der Waals surface area contributed by atoms with Gasteiger partial charge in [-0.05, 0) is 36.5 Å². The first-order chi connectivity index (χ1) is 21.0. The molecule has 2 aromatic rings.